The van der Waals surface area contributed by atoms with Crippen molar-refractivity contribution in [3.05, 3.63) is 23.8 Å². The number of hydrogen-bond donors (Lipinski definition) is 2. The molecule has 0 saturated carbocycles. The van der Waals surface area contributed by atoms with Crippen molar-refractivity contribution in [3.8, 4) is 11.5 Å². The Bertz CT molecular complexity index is 719. The van der Waals surface area contributed by atoms with Gasteiger partial charge in [-0.25, -0.2) is 8.42 Å². The molecule has 1 atom stereocenters. The molecule has 1 aromatic rings. The minimum absolute atomic E-state index is 0.126. The second-order valence-corrected chi connectivity index (χ2v) is 8.58. The Morgan fingerprint density at radius 2 is 2.00 bits per heavy atom. The number of nitrogens with zero attached hydrogens (tertiary/aromatic N) is 1. The lowest BCUT2D eigenvalue weighted by molar-refractivity contribution is 0.354. The molecule has 1 aliphatic heterocycles. The van der Waals surface area contributed by atoms with Crippen molar-refractivity contribution >= 4 is 15.8 Å². The van der Waals surface area contributed by atoms with E-state index in [9.17, 15) is 8.42 Å². The van der Waals surface area contributed by atoms with Gasteiger partial charge in [-0.05, 0) is 43.4 Å². The summed E-state index contributed by atoms with van der Waals surface area (Å²) in [5.74, 6) is 2.81. The van der Waals surface area contributed by atoms with Crippen LogP contribution in [0, 0.1) is 5.92 Å². The van der Waals surface area contributed by atoms with Gasteiger partial charge in [0.05, 0.1) is 25.7 Å². The second kappa shape index (κ2) is 9.66. The highest BCUT2D eigenvalue weighted by Crippen LogP contribution is 2.27. The van der Waals surface area contributed by atoms with Gasteiger partial charge in [0.2, 0.25) is 0 Å². The lowest BCUT2D eigenvalue weighted by atomic mass is 10.1. The van der Waals surface area contributed by atoms with E-state index >= 15 is 0 Å². The van der Waals surface area contributed by atoms with Gasteiger partial charge in [0.15, 0.2) is 27.3 Å². The number of sulfone groups is 1. The van der Waals surface area contributed by atoms with Gasteiger partial charge in [-0.15, -0.1) is 0 Å². The minimum atomic E-state index is -2.85. The van der Waals surface area contributed by atoms with Gasteiger partial charge < -0.3 is 20.1 Å². The summed E-state index contributed by atoms with van der Waals surface area (Å²) in [5.41, 5.74) is 1.13. The van der Waals surface area contributed by atoms with Gasteiger partial charge >= 0.3 is 0 Å². The molecule has 26 heavy (non-hydrogen) atoms. The molecule has 1 unspecified atom stereocenters. The third kappa shape index (κ3) is 6.09. The molecule has 1 aromatic carbocycles. The molecule has 0 radical (unpaired) electrons. The van der Waals surface area contributed by atoms with Crippen molar-refractivity contribution in [2.45, 2.75) is 19.8 Å². The number of rotatable bonds is 8. The molecule has 146 valence electrons. The smallest absolute Gasteiger partial charge is 0.191 e. The zero-order chi connectivity index (χ0) is 19.0. The fraction of sp³-hybridized carbons (Fsp3) is 0.611. The largest absolute Gasteiger partial charge is 0.493 e. The van der Waals surface area contributed by atoms with Crippen LogP contribution < -0.4 is 20.1 Å². The normalized spacial score (nSPS) is 19.2. The molecule has 2 rings (SSSR count). The van der Waals surface area contributed by atoms with Gasteiger partial charge in [0, 0.05) is 19.6 Å². The van der Waals surface area contributed by atoms with Crippen LogP contribution in [0.25, 0.3) is 0 Å². The van der Waals surface area contributed by atoms with E-state index in [1.807, 2.05) is 25.1 Å². The molecule has 1 saturated heterocycles. The monoisotopic (exact) mass is 383 g/mol. The summed E-state index contributed by atoms with van der Waals surface area (Å²) >= 11 is 0. The molecular weight excluding hydrogens is 354 g/mol. The van der Waals surface area contributed by atoms with E-state index in [0.29, 0.717) is 31.0 Å². The zero-order valence-electron chi connectivity index (χ0n) is 15.7. The highest BCUT2D eigenvalue weighted by atomic mass is 32.2. The van der Waals surface area contributed by atoms with Crippen LogP contribution in [-0.2, 0) is 16.3 Å². The van der Waals surface area contributed by atoms with E-state index in [1.54, 1.807) is 14.2 Å². The van der Waals surface area contributed by atoms with Gasteiger partial charge in [-0.2, -0.15) is 0 Å². The Kier molecular flexibility index (Phi) is 7.56. The summed E-state index contributed by atoms with van der Waals surface area (Å²) in [6, 6.07) is 5.87. The molecule has 0 bridgehead atoms. The van der Waals surface area contributed by atoms with Crippen LogP contribution in [0.3, 0.4) is 0 Å². The fourth-order valence-electron chi connectivity index (χ4n) is 2.94. The molecule has 0 spiro atoms. The summed E-state index contributed by atoms with van der Waals surface area (Å²) in [6.45, 7) is 4.01. The van der Waals surface area contributed by atoms with E-state index < -0.39 is 9.84 Å². The van der Waals surface area contributed by atoms with Crippen molar-refractivity contribution in [3.63, 3.8) is 0 Å². The molecule has 1 fully saturated rings. The Balaban J connectivity index is 1.87. The first-order chi connectivity index (χ1) is 12.5. The van der Waals surface area contributed by atoms with Gasteiger partial charge in [-0.1, -0.05) is 6.07 Å². The topological polar surface area (TPSA) is 89.0 Å². The summed E-state index contributed by atoms with van der Waals surface area (Å²) in [5, 5.41) is 6.50. The number of methoxy groups -OCH3 is 2. The summed E-state index contributed by atoms with van der Waals surface area (Å²) in [6.07, 6.45) is 1.51. The SMILES string of the molecule is CCNC(=NCC1CCS(=O)(=O)C1)NCCc1ccc(OC)c(OC)c1. The van der Waals surface area contributed by atoms with Crippen molar-refractivity contribution in [2.75, 3.05) is 45.4 Å². The number of guanidine groups is 1. The van der Waals surface area contributed by atoms with Crippen LogP contribution in [-0.4, -0.2) is 59.7 Å². The lowest BCUT2D eigenvalue weighted by Gasteiger charge is -2.13. The first-order valence-corrected chi connectivity index (χ1v) is 10.7. The average molecular weight is 384 g/mol. The Labute approximate surface area is 156 Å². The highest BCUT2D eigenvalue weighted by molar-refractivity contribution is 7.91. The molecule has 8 heteroatoms. The molecule has 2 N–H and O–H groups in total. The van der Waals surface area contributed by atoms with Crippen LogP contribution in [0.5, 0.6) is 11.5 Å². The van der Waals surface area contributed by atoms with E-state index in [1.165, 1.54) is 0 Å². The van der Waals surface area contributed by atoms with Crippen molar-refractivity contribution < 1.29 is 17.9 Å². The molecule has 0 aliphatic carbocycles. The quantitative estimate of drug-likeness (QED) is 0.519. The fourth-order valence-corrected chi connectivity index (χ4v) is 4.79. The Morgan fingerprint density at radius 1 is 1.23 bits per heavy atom. The van der Waals surface area contributed by atoms with Crippen LogP contribution in [0.1, 0.15) is 18.9 Å². The maximum absolute atomic E-state index is 11.5. The zero-order valence-corrected chi connectivity index (χ0v) is 16.6. The standard InChI is InChI=1S/C18H29N3O4S/c1-4-19-18(21-12-15-8-10-26(22,23)13-15)20-9-7-14-5-6-16(24-2)17(11-14)25-3/h5-6,11,15H,4,7-10,12-13H2,1-3H3,(H2,19,20,21). The predicted molar refractivity (Wildman–Crippen MR) is 104 cm³/mol. The van der Waals surface area contributed by atoms with Crippen LogP contribution >= 0.6 is 0 Å². The first kappa shape index (κ1) is 20.4. The van der Waals surface area contributed by atoms with Crippen LogP contribution in [0.4, 0.5) is 0 Å². The van der Waals surface area contributed by atoms with Crippen molar-refractivity contribution in [2.24, 2.45) is 10.9 Å². The van der Waals surface area contributed by atoms with Crippen molar-refractivity contribution in [1.29, 1.82) is 0 Å². The maximum atomic E-state index is 11.5. The molecule has 1 heterocycles. The van der Waals surface area contributed by atoms with Gasteiger partial charge in [-0.3, -0.25) is 4.99 Å². The Hall–Kier alpha value is -1.96. The first-order valence-electron chi connectivity index (χ1n) is 8.91. The predicted octanol–water partition coefficient (Wildman–Crippen LogP) is 1.24. The molecular formula is C18H29N3O4S. The highest BCUT2D eigenvalue weighted by Gasteiger charge is 2.27. The lowest BCUT2D eigenvalue weighted by Crippen LogP contribution is -2.38. The van der Waals surface area contributed by atoms with Gasteiger partial charge in [0.25, 0.3) is 0 Å². The van der Waals surface area contributed by atoms with Gasteiger partial charge in [0.1, 0.15) is 0 Å². The Morgan fingerprint density at radius 3 is 2.62 bits per heavy atom. The summed E-state index contributed by atoms with van der Waals surface area (Å²) in [4.78, 5) is 4.54. The number of nitrogens with one attached hydrogen (secondary N) is 2. The molecule has 7 nitrogen and oxygen atoms in total. The average Bonchev–Trinajstić information content (AvgIpc) is 2.98. The number of ether oxygens (including phenoxy) is 2. The van der Waals surface area contributed by atoms with Crippen molar-refractivity contribution in [1.82, 2.24) is 10.6 Å². The second-order valence-electron chi connectivity index (χ2n) is 6.35. The minimum Gasteiger partial charge on any atom is -0.493 e. The third-order valence-electron chi connectivity index (χ3n) is 4.33. The maximum Gasteiger partial charge on any atom is 0.191 e. The van der Waals surface area contributed by atoms with E-state index in [2.05, 4.69) is 15.6 Å². The van der Waals surface area contributed by atoms with E-state index in [4.69, 9.17) is 9.47 Å². The molecule has 0 amide bonds. The number of hydrogen-bond acceptors (Lipinski definition) is 5. The van der Waals surface area contributed by atoms with E-state index in [0.717, 1.165) is 24.5 Å². The van der Waals surface area contributed by atoms with Crippen LogP contribution in [0.2, 0.25) is 0 Å². The summed E-state index contributed by atoms with van der Waals surface area (Å²) < 4.78 is 33.7. The van der Waals surface area contributed by atoms with E-state index in [-0.39, 0.29) is 17.4 Å². The number of benzene rings is 1. The molecule has 1 aliphatic rings. The number of aliphatic imine (C=N–C) groups is 1. The third-order valence-corrected chi connectivity index (χ3v) is 6.17. The molecule has 0 aromatic heterocycles. The van der Waals surface area contributed by atoms with Crippen LogP contribution in [0.15, 0.2) is 23.2 Å². The summed E-state index contributed by atoms with van der Waals surface area (Å²) in [7, 11) is 0.390.